The van der Waals surface area contributed by atoms with Gasteiger partial charge in [0.1, 0.15) is 0 Å². The first-order valence-electron chi connectivity index (χ1n) is 7.41. The molecule has 0 saturated carbocycles. The van der Waals surface area contributed by atoms with Gasteiger partial charge in [0.15, 0.2) is 5.78 Å². The molecular weight excluding hydrogens is 355 g/mol. The number of hydrogen-bond donors (Lipinski definition) is 1. The summed E-state index contributed by atoms with van der Waals surface area (Å²) in [5.74, 6) is 0.844. The Balaban J connectivity index is 0.00000264. The van der Waals surface area contributed by atoms with Crippen LogP contribution in [0.5, 0.6) is 0 Å². The summed E-state index contributed by atoms with van der Waals surface area (Å²) in [6, 6.07) is 7.36. The highest BCUT2D eigenvalue weighted by Crippen LogP contribution is 2.14. The molecule has 23 heavy (non-hydrogen) atoms. The molecule has 1 aromatic rings. The van der Waals surface area contributed by atoms with E-state index in [1.807, 2.05) is 11.9 Å². The number of amides is 1. The van der Waals surface area contributed by atoms with Crippen molar-refractivity contribution in [2.75, 3.05) is 31.6 Å². The van der Waals surface area contributed by atoms with Crippen molar-refractivity contribution >= 4 is 47.5 Å². The summed E-state index contributed by atoms with van der Waals surface area (Å²) in [6.07, 6.45) is 1.99. The van der Waals surface area contributed by atoms with Crippen molar-refractivity contribution in [3.05, 3.63) is 34.9 Å². The summed E-state index contributed by atoms with van der Waals surface area (Å²) in [5.41, 5.74) is 0.638. The number of halogens is 2. The highest BCUT2D eigenvalue weighted by atomic mass is 35.5. The van der Waals surface area contributed by atoms with Gasteiger partial charge in [-0.15, -0.1) is 24.2 Å². The smallest absolute Gasteiger partial charge is 0.232 e. The van der Waals surface area contributed by atoms with E-state index in [-0.39, 0.29) is 24.1 Å². The third kappa shape index (κ3) is 6.34. The molecule has 1 aliphatic rings. The predicted molar refractivity (Wildman–Crippen MR) is 99.0 cm³/mol. The maximum atomic E-state index is 12.1. The second-order valence-electron chi connectivity index (χ2n) is 5.37. The first-order valence-corrected chi connectivity index (χ1v) is 8.95. The molecule has 1 amide bonds. The Hall–Kier alpha value is -0.750. The second-order valence-corrected chi connectivity index (χ2v) is 6.79. The van der Waals surface area contributed by atoms with E-state index >= 15 is 0 Å². The average Bonchev–Trinajstić information content (AvgIpc) is 2.55. The van der Waals surface area contributed by atoms with E-state index in [2.05, 4.69) is 5.32 Å². The number of likely N-dealkylation sites (tertiary alicyclic amines) is 1. The molecule has 1 N–H and O–H groups in total. The van der Waals surface area contributed by atoms with E-state index in [0.717, 1.165) is 25.9 Å². The Morgan fingerprint density at radius 2 is 1.83 bits per heavy atom. The second kappa shape index (κ2) is 10.2. The standard InChI is InChI=1S/C16H21ClN2O2S.ClH/c1-18-14-6-8-19(9-7-14)16(21)11-22-10-15(20)12-2-4-13(17)5-3-12;/h2-5,14,18H,6-11H2,1H3;1H. The van der Waals surface area contributed by atoms with Crippen molar-refractivity contribution in [1.29, 1.82) is 0 Å². The number of Topliss-reactive ketones (excluding diaryl/α,β-unsaturated/α-hetero) is 1. The number of carbonyl (C=O) groups excluding carboxylic acids is 2. The SMILES string of the molecule is CNC1CCN(C(=O)CSCC(=O)c2ccc(Cl)cc2)CC1.Cl. The molecule has 1 saturated heterocycles. The quantitative estimate of drug-likeness (QED) is 0.775. The molecule has 0 aromatic heterocycles. The highest BCUT2D eigenvalue weighted by molar-refractivity contribution is 8.00. The van der Waals surface area contributed by atoms with Crippen LogP contribution in [0.4, 0.5) is 0 Å². The molecule has 128 valence electrons. The van der Waals surface area contributed by atoms with E-state index in [0.29, 0.717) is 28.1 Å². The maximum Gasteiger partial charge on any atom is 0.232 e. The van der Waals surface area contributed by atoms with Crippen LogP contribution < -0.4 is 5.32 Å². The molecular formula is C16H22Cl2N2O2S. The van der Waals surface area contributed by atoms with Crippen molar-refractivity contribution in [3.63, 3.8) is 0 Å². The molecule has 0 bridgehead atoms. The van der Waals surface area contributed by atoms with Gasteiger partial charge in [-0.2, -0.15) is 0 Å². The minimum Gasteiger partial charge on any atom is -0.342 e. The molecule has 0 aliphatic carbocycles. The number of hydrogen-bond acceptors (Lipinski definition) is 4. The van der Waals surface area contributed by atoms with Crippen LogP contribution in [0.3, 0.4) is 0 Å². The molecule has 1 fully saturated rings. The summed E-state index contributed by atoms with van der Waals surface area (Å²) in [5, 5.41) is 3.86. The third-order valence-electron chi connectivity index (χ3n) is 3.88. The van der Waals surface area contributed by atoms with Crippen molar-refractivity contribution in [1.82, 2.24) is 10.2 Å². The van der Waals surface area contributed by atoms with Crippen LogP contribution in [0.1, 0.15) is 23.2 Å². The molecule has 1 aliphatic heterocycles. The Kier molecular flexibility index (Phi) is 8.99. The molecule has 0 atom stereocenters. The number of benzene rings is 1. The van der Waals surface area contributed by atoms with Gasteiger partial charge in [0.25, 0.3) is 0 Å². The number of thioether (sulfide) groups is 1. The topological polar surface area (TPSA) is 49.4 Å². The zero-order valence-corrected chi connectivity index (χ0v) is 15.5. The van der Waals surface area contributed by atoms with E-state index in [1.165, 1.54) is 11.8 Å². The van der Waals surface area contributed by atoms with Crippen LogP contribution in [0.25, 0.3) is 0 Å². The van der Waals surface area contributed by atoms with Crippen molar-refractivity contribution in [3.8, 4) is 0 Å². The summed E-state index contributed by atoms with van der Waals surface area (Å²) < 4.78 is 0. The molecule has 0 unspecified atom stereocenters. The Morgan fingerprint density at radius 3 is 2.39 bits per heavy atom. The largest absolute Gasteiger partial charge is 0.342 e. The van der Waals surface area contributed by atoms with Crippen LogP contribution in [0.15, 0.2) is 24.3 Å². The van der Waals surface area contributed by atoms with Gasteiger partial charge in [0.05, 0.1) is 11.5 Å². The first-order chi connectivity index (χ1) is 10.6. The average molecular weight is 377 g/mol. The monoisotopic (exact) mass is 376 g/mol. The van der Waals surface area contributed by atoms with Gasteiger partial charge in [-0.25, -0.2) is 0 Å². The fraction of sp³-hybridized carbons (Fsp3) is 0.500. The van der Waals surface area contributed by atoms with Gasteiger partial charge in [-0.3, -0.25) is 9.59 Å². The van der Waals surface area contributed by atoms with Gasteiger partial charge in [-0.1, -0.05) is 11.6 Å². The lowest BCUT2D eigenvalue weighted by molar-refractivity contribution is -0.129. The lowest BCUT2D eigenvalue weighted by Crippen LogP contribution is -2.44. The number of carbonyl (C=O) groups is 2. The zero-order chi connectivity index (χ0) is 15.9. The molecule has 1 aromatic carbocycles. The molecule has 0 spiro atoms. The Bertz CT molecular complexity index is 517. The van der Waals surface area contributed by atoms with Crippen LogP contribution in [0.2, 0.25) is 5.02 Å². The van der Waals surface area contributed by atoms with Crippen LogP contribution in [-0.2, 0) is 4.79 Å². The Morgan fingerprint density at radius 1 is 1.22 bits per heavy atom. The molecule has 0 radical (unpaired) electrons. The summed E-state index contributed by atoms with van der Waals surface area (Å²) in [6.45, 7) is 1.60. The minimum absolute atomic E-state index is 0. The lowest BCUT2D eigenvalue weighted by atomic mass is 10.1. The van der Waals surface area contributed by atoms with Crippen LogP contribution in [-0.4, -0.2) is 54.3 Å². The first kappa shape index (κ1) is 20.3. The van der Waals surface area contributed by atoms with Crippen LogP contribution >= 0.6 is 35.8 Å². The van der Waals surface area contributed by atoms with E-state index < -0.39 is 0 Å². The van der Waals surface area contributed by atoms with Crippen molar-refractivity contribution in [2.24, 2.45) is 0 Å². The number of rotatable bonds is 6. The summed E-state index contributed by atoms with van der Waals surface area (Å²) in [4.78, 5) is 26.0. The van der Waals surface area contributed by atoms with Crippen molar-refractivity contribution < 1.29 is 9.59 Å². The number of ketones is 1. The molecule has 7 heteroatoms. The number of nitrogens with one attached hydrogen (secondary N) is 1. The van der Waals surface area contributed by atoms with Gasteiger partial charge in [0, 0.05) is 29.7 Å². The zero-order valence-electron chi connectivity index (χ0n) is 13.1. The fourth-order valence-corrected chi connectivity index (χ4v) is 3.40. The maximum absolute atomic E-state index is 12.1. The number of nitrogens with zero attached hydrogens (tertiary/aromatic N) is 1. The fourth-order valence-electron chi connectivity index (χ4n) is 2.46. The Labute approximate surface area is 152 Å². The van der Waals surface area contributed by atoms with Gasteiger partial charge in [0.2, 0.25) is 5.91 Å². The molecule has 2 rings (SSSR count). The molecule has 1 heterocycles. The highest BCUT2D eigenvalue weighted by Gasteiger charge is 2.21. The van der Waals surface area contributed by atoms with Gasteiger partial charge >= 0.3 is 0 Å². The normalized spacial score (nSPS) is 15.1. The summed E-state index contributed by atoms with van der Waals surface area (Å²) >= 11 is 7.18. The molecule has 4 nitrogen and oxygen atoms in total. The van der Waals surface area contributed by atoms with Crippen molar-refractivity contribution in [2.45, 2.75) is 18.9 Å². The predicted octanol–water partition coefficient (Wildman–Crippen LogP) is 2.89. The number of piperidine rings is 1. The van der Waals surface area contributed by atoms with Gasteiger partial charge in [-0.05, 0) is 44.2 Å². The minimum atomic E-state index is 0. The lowest BCUT2D eigenvalue weighted by Gasteiger charge is -2.31. The third-order valence-corrected chi connectivity index (χ3v) is 5.05. The van der Waals surface area contributed by atoms with E-state index in [1.54, 1.807) is 24.3 Å². The van der Waals surface area contributed by atoms with Crippen LogP contribution in [0, 0.1) is 0 Å². The van der Waals surface area contributed by atoms with Gasteiger partial charge < -0.3 is 10.2 Å². The van der Waals surface area contributed by atoms with E-state index in [9.17, 15) is 9.59 Å². The van der Waals surface area contributed by atoms with E-state index in [4.69, 9.17) is 11.6 Å². The summed E-state index contributed by atoms with van der Waals surface area (Å²) in [7, 11) is 1.96.